The van der Waals surface area contributed by atoms with Gasteiger partial charge in [-0.1, -0.05) is 0 Å². The molecule has 0 aliphatic heterocycles. The molecule has 6 heteroatoms. The summed E-state index contributed by atoms with van der Waals surface area (Å²) < 4.78 is 12.4. The summed E-state index contributed by atoms with van der Waals surface area (Å²) in [6.07, 6.45) is 0.874. The van der Waals surface area contributed by atoms with E-state index >= 15 is 0 Å². The van der Waals surface area contributed by atoms with E-state index in [0.717, 1.165) is 44.4 Å². The molecule has 2 aromatic heterocycles. The van der Waals surface area contributed by atoms with Crippen LogP contribution in [-0.4, -0.2) is 29.9 Å². The second kappa shape index (κ2) is 6.89. The first-order chi connectivity index (χ1) is 13.2. The van der Waals surface area contributed by atoms with Crippen molar-refractivity contribution in [1.29, 1.82) is 0 Å². The Bertz CT molecular complexity index is 1110. The summed E-state index contributed by atoms with van der Waals surface area (Å²) in [6.45, 7) is 2.04. The molecule has 0 saturated heterocycles. The largest absolute Gasteiger partial charge is 0.497 e. The molecule has 136 valence electrons. The molecule has 2 aromatic carbocycles. The van der Waals surface area contributed by atoms with Gasteiger partial charge in [-0.05, 0) is 61.0 Å². The van der Waals surface area contributed by atoms with E-state index in [2.05, 4.69) is 0 Å². The Hall–Kier alpha value is -3.12. The van der Waals surface area contributed by atoms with Crippen molar-refractivity contribution in [3.8, 4) is 34.0 Å². The predicted molar refractivity (Wildman–Crippen MR) is 107 cm³/mol. The molecule has 0 amide bonds. The van der Waals surface area contributed by atoms with Crippen LogP contribution in [0.15, 0.2) is 48.5 Å². The molecular weight excluding hydrogens is 360 g/mol. The number of thiazole rings is 1. The van der Waals surface area contributed by atoms with Crippen LogP contribution in [0.3, 0.4) is 0 Å². The lowest BCUT2D eigenvalue weighted by Crippen LogP contribution is -1.95. The standard InChI is InChI=1S/C21H18N2O3S/c1-13-20(15-6-10-17(26-3)11-7-15)23-18(12-24)19(22-21(23)27-13)14-4-8-16(25-2)9-5-14/h4-12H,1-3H3. The number of hydrogen-bond donors (Lipinski definition) is 0. The maximum atomic E-state index is 12.0. The highest BCUT2D eigenvalue weighted by Gasteiger charge is 2.21. The Kier molecular flexibility index (Phi) is 4.41. The number of aryl methyl sites for hydroxylation is 1. The van der Waals surface area contributed by atoms with Gasteiger partial charge in [0, 0.05) is 10.4 Å². The average Bonchev–Trinajstić information content (AvgIpc) is 3.22. The second-order valence-electron chi connectivity index (χ2n) is 6.05. The third kappa shape index (κ3) is 2.88. The number of aldehydes is 1. The van der Waals surface area contributed by atoms with Gasteiger partial charge in [0.05, 0.1) is 19.9 Å². The zero-order valence-electron chi connectivity index (χ0n) is 15.2. The fourth-order valence-corrected chi connectivity index (χ4v) is 4.19. The minimum atomic E-state index is 0.547. The SMILES string of the molecule is COc1ccc(-c2nc3sc(C)c(-c4ccc(OC)cc4)n3c2C=O)cc1. The van der Waals surface area contributed by atoms with Gasteiger partial charge in [-0.25, -0.2) is 4.98 Å². The Morgan fingerprint density at radius 2 is 1.48 bits per heavy atom. The van der Waals surface area contributed by atoms with E-state index < -0.39 is 0 Å². The molecule has 2 heterocycles. The van der Waals surface area contributed by atoms with Crippen LogP contribution in [0.4, 0.5) is 0 Å². The number of hydrogen-bond acceptors (Lipinski definition) is 5. The summed E-state index contributed by atoms with van der Waals surface area (Å²) >= 11 is 1.57. The quantitative estimate of drug-likeness (QED) is 0.465. The molecule has 4 aromatic rings. The van der Waals surface area contributed by atoms with Crippen LogP contribution >= 0.6 is 11.3 Å². The number of nitrogens with zero attached hydrogens (tertiary/aromatic N) is 2. The molecule has 0 aliphatic carbocycles. The van der Waals surface area contributed by atoms with E-state index in [1.165, 1.54) is 0 Å². The molecule has 0 saturated carbocycles. The number of carbonyl (C=O) groups is 1. The number of benzene rings is 2. The van der Waals surface area contributed by atoms with Gasteiger partial charge in [0.1, 0.15) is 22.9 Å². The Balaban J connectivity index is 1.91. The van der Waals surface area contributed by atoms with Crippen molar-refractivity contribution < 1.29 is 14.3 Å². The number of fused-ring (bicyclic) bond motifs is 1. The molecule has 0 aliphatic rings. The van der Waals surface area contributed by atoms with Gasteiger partial charge < -0.3 is 9.47 Å². The summed E-state index contributed by atoms with van der Waals surface area (Å²) in [5.74, 6) is 1.56. The highest BCUT2D eigenvalue weighted by molar-refractivity contribution is 7.17. The van der Waals surface area contributed by atoms with Crippen LogP contribution in [0, 0.1) is 6.92 Å². The predicted octanol–water partition coefficient (Wildman–Crippen LogP) is 4.87. The lowest BCUT2D eigenvalue weighted by atomic mass is 10.1. The lowest BCUT2D eigenvalue weighted by Gasteiger charge is -2.06. The first kappa shape index (κ1) is 17.3. The molecule has 0 bridgehead atoms. The van der Waals surface area contributed by atoms with E-state index in [1.54, 1.807) is 25.6 Å². The average molecular weight is 378 g/mol. The van der Waals surface area contributed by atoms with Crippen molar-refractivity contribution in [2.45, 2.75) is 6.92 Å². The minimum Gasteiger partial charge on any atom is -0.497 e. The third-order valence-corrected chi connectivity index (χ3v) is 5.48. The van der Waals surface area contributed by atoms with Crippen molar-refractivity contribution in [3.05, 3.63) is 59.1 Å². The number of methoxy groups -OCH3 is 2. The number of ether oxygens (including phenoxy) is 2. The lowest BCUT2D eigenvalue weighted by molar-refractivity contribution is 0.111. The fraction of sp³-hybridized carbons (Fsp3) is 0.143. The molecule has 0 spiro atoms. The first-order valence-corrected chi connectivity index (χ1v) is 9.23. The van der Waals surface area contributed by atoms with E-state index in [1.807, 2.05) is 59.9 Å². The molecule has 4 rings (SSSR count). The molecule has 27 heavy (non-hydrogen) atoms. The third-order valence-electron chi connectivity index (χ3n) is 4.52. The number of aromatic nitrogens is 2. The summed E-state index contributed by atoms with van der Waals surface area (Å²) in [6, 6.07) is 15.4. The summed E-state index contributed by atoms with van der Waals surface area (Å²) in [4.78, 5) is 18.6. The topological polar surface area (TPSA) is 52.8 Å². The summed E-state index contributed by atoms with van der Waals surface area (Å²) in [5, 5.41) is 0. The molecule has 0 radical (unpaired) electrons. The van der Waals surface area contributed by atoms with Crippen LogP contribution in [0.25, 0.3) is 27.5 Å². The second-order valence-corrected chi connectivity index (χ2v) is 7.23. The van der Waals surface area contributed by atoms with Gasteiger partial charge >= 0.3 is 0 Å². The maximum absolute atomic E-state index is 12.0. The Labute approximate surface area is 160 Å². The molecule has 0 atom stereocenters. The van der Waals surface area contributed by atoms with Crippen LogP contribution in [-0.2, 0) is 0 Å². The smallest absolute Gasteiger partial charge is 0.195 e. The number of rotatable bonds is 5. The fourth-order valence-electron chi connectivity index (χ4n) is 3.19. The van der Waals surface area contributed by atoms with Crippen molar-refractivity contribution in [1.82, 2.24) is 9.38 Å². The van der Waals surface area contributed by atoms with E-state index in [4.69, 9.17) is 14.5 Å². The van der Waals surface area contributed by atoms with Crippen molar-refractivity contribution in [2.75, 3.05) is 14.2 Å². The van der Waals surface area contributed by atoms with Gasteiger partial charge in [0.2, 0.25) is 0 Å². The molecule has 0 unspecified atom stereocenters. The summed E-state index contributed by atoms with van der Waals surface area (Å²) in [7, 11) is 3.27. The van der Waals surface area contributed by atoms with E-state index in [0.29, 0.717) is 11.4 Å². The first-order valence-electron chi connectivity index (χ1n) is 8.42. The van der Waals surface area contributed by atoms with Crippen molar-refractivity contribution in [2.24, 2.45) is 0 Å². The highest BCUT2D eigenvalue weighted by Crippen LogP contribution is 2.36. The zero-order chi connectivity index (χ0) is 19.0. The van der Waals surface area contributed by atoms with Crippen molar-refractivity contribution >= 4 is 22.6 Å². The van der Waals surface area contributed by atoms with E-state index in [-0.39, 0.29) is 0 Å². The molecule has 5 nitrogen and oxygen atoms in total. The minimum absolute atomic E-state index is 0.547. The van der Waals surface area contributed by atoms with Crippen LogP contribution in [0.1, 0.15) is 15.4 Å². The molecular formula is C21H18N2O3S. The van der Waals surface area contributed by atoms with Gasteiger partial charge in [0.25, 0.3) is 0 Å². The number of carbonyl (C=O) groups excluding carboxylic acids is 1. The van der Waals surface area contributed by atoms with Crippen LogP contribution < -0.4 is 9.47 Å². The highest BCUT2D eigenvalue weighted by atomic mass is 32.1. The Morgan fingerprint density at radius 3 is 2.00 bits per heavy atom. The zero-order valence-corrected chi connectivity index (χ0v) is 16.0. The molecule has 0 fully saturated rings. The molecule has 0 N–H and O–H groups in total. The van der Waals surface area contributed by atoms with Crippen LogP contribution in [0.2, 0.25) is 0 Å². The normalized spacial score (nSPS) is 10.9. The van der Waals surface area contributed by atoms with Gasteiger partial charge in [-0.3, -0.25) is 9.20 Å². The van der Waals surface area contributed by atoms with Gasteiger partial charge in [0.15, 0.2) is 11.2 Å². The maximum Gasteiger partial charge on any atom is 0.195 e. The monoisotopic (exact) mass is 378 g/mol. The van der Waals surface area contributed by atoms with Gasteiger partial charge in [-0.2, -0.15) is 0 Å². The van der Waals surface area contributed by atoms with Crippen molar-refractivity contribution in [3.63, 3.8) is 0 Å². The van der Waals surface area contributed by atoms with Crippen LogP contribution in [0.5, 0.6) is 11.5 Å². The Morgan fingerprint density at radius 1 is 0.926 bits per heavy atom. The number of imidazole rings is 1. The summed E-state index contributed by atoms with van der Waals surface area (Å²) in [5.41, 5.74) is 4.10. The van der Waals surface area contributed by atoms with Gasteiger partial charge in [-0.15, -0.1) is 11.3 Å². The van der Waals surface area contributed by atoms with E-state index in [9.17, 15) is 4.79 Å².